The first-order chi connectivity index (χ1) is 15.6. The minimum Gasteiger partial charge on any atom is -0.475 e. The molecule has 0 saturated heterocycles. The van der Waals surface area contributed by atoms with Crippen molar-refractivity contribution >= 4 is 11.9 Å². The SMILES string of the molecule is Cn1cnc2c1C(C(=O)NC1CC1)CN(Cc1ccc3c(c1)OCO3)C2.O=C(O)C(F)(F)F. The van der Waals surface area contributed by atoms with Crippen molar-refractivity contribution in [3.8, 4) is 11.5 Å². The van der Waals surface area contributed by atoms with Crippen LogP contribution in [-0.4, -0.2) is 57.0 Å². The Labute approximate surface area is 187 Å². The van der Waals surface area contributed by atoms with E-state index < -0.39 is 12.1 Å². The number of imidazole rings is 1. The number of alkyl halides is 3. The summed E-state index contributed by atoms with van der Waals surface area (Å²) in [6.45, 7) is 2.47. The number of nitrogens with zero attached hydrogens (tertiary/aromatic N) is 3. The second-order valence-electron chi connectivity index (χ2n) is 8.18. The summed E-state index contributed by atoms with van der Waals surface area (Å²) in [5.74, 6) is -1.23. The van der Waals surface area contributed by atoms with E-state index in [4.69, 9.17) is 19.4 Å². The van der Waals surface area contributed by atoms with Crippen molar-refractivity contribution < 1.29 is 37.3 Å². The fourth-order valence-electron chi connectivity index (χ4n) is 3.83. The number of rotatable bonds is 4. The zero-order chi connectivity index (χ0) is 23.8. The third-order valence-corrected chi connectivity index (χ3v) is 5.53. The molecule has 1 aromatic carbocycles. The number of aromatic nitrogens is 2. The molecule has 0 spiro atoms. The zero-order valence-corrected chi connectivity index (χ0v) is 17.8. The van der Waals surface area contributed by atoms with Crippen LogP contribution in [0.4, 0.5) is 13.2 Å². The van der Waals surface area contributed by atoms with E-state index in [9.17, 15) is 18.0 Å². The molecule has 1 fully saturated rings. The molecule has 1 amide bonds. The van der Waals surface area contributed by atoms with Crippen LogP contribution in [0, 0.1) is 0 Å². The summed E-state index contributed by atoms with van der Waals surface area (Å²) in [5, 5.41) is 10.3. The molecule has 1 aromatic heterocycles. The molecule has 2 aliphatic heterocycles. The highest BCUT2D eigenvalue weighted by molar-refractivity contribution is 5.84. The van der Waals surface area contributed by atoms with Gasteiger partial charge < -0.3 is 24.5 Å². The number of hydrogen-bond donors (Lipinski definition) is 2. The highest BCUT2D eigenvalue weighted by Gasteiger charge is 2.38. The van der Waals surface area contributed by atoms with Gasteiger partial charge in [-0.15, -0.1) is 0 Å². The molecular weight excluding hydrogens is 445 g/mol. The molecule has 3 aliphatic rings. The van der Waals surface area contributed by atoms with Crippen molar-refractivity contribution in [2.24, 2.45) is 7.05 Å². The highest BCUT2D eigenvalue weighted by Crippen LogP contribution is 2.34. The van der Waals surface area contributed by atoms with E-state index in [1.165, 1.54) is 0 Å². The van der Waals surface area contributed by atoms with Gasteiger partial charge in [0.05, 0.1) is 23.6 Å². The molecular formula is C21H23F3N4O5. The summed E-state index contributed by atoms with van der Waals surface area (Å²) in [4.78, 5) is 28.5. The maximum absolute atomic E-state index is 12.8. The summed E-state index contributed by atoms with van der Waals surface area (Å²) < 4.78 is 44.6. The first-order valence-electron chi connectivity index (χ1n) is 10.3. The Kier molecular flexibility index (Phi) is 6.19. The van der Waals surface area contributed by atoms with Crippen LogP contribution in [0.5, 0.6) is 11.5 Å². The molecule has 2 aromatic rings. The number of hydrogen-bond acceptors (Lipinski definition) is 6. The number of carbonyl (C=O) groups excluding carboxylic acids is 1. The van der Waals surface area contributed by atoms with Gasteiger partial charge in [-0.25, -0.2) is 9.78 Å². The number of halogens is 3. The minimum absolute atomic E-state index is 0.118. The molecule has 1 atom stereocenters. The fraction of sp³-hybridized carbons (Fsp3) is 0.476. The van der Waals surface area contributed by atoms with Gasteiger partial charge >= 0.3 is 12.1 Å². The molecule has 3 heterocycles. The van der Waals surface area contributed by atoms with E-state index >= 15 is 0 Å². The lowest BCUT2D eigenvalue weighted by Gasteiger charge is -2.32. The van der Waals surface area contributed by atoms with Gasteiger partial charge in [0, 0.05) is 32.7 Å². The Hall–Kier alpha value is -3.28. The molecule has 5 rings (SSSR count). The van der Waals surface area contributed by atoms with Gasteiger partial charge in [-0.05, 0) is 30.5 Å². The van der Waals surface area contributed by atoms with Gasteiger partial charge in [-0.1, -0.05) is 6.07 Å². The number of aliphatic carboxylic acids is 1. The summed E-state index contributed by atoms with van der Waals surface area (Å²) in [7, 11) is 1.97. The third kappa shape index (κ3) is 5.38. The number of benzene rings is 1. The van der Waals surface area contributed by atoms with E-state index in [-0.39, 0.29) is 18.6 Å². The third-order valence-electron chi connectivity index (χ3n) is 5.53. The molecule has 33 heavy (non-hydrogen) atoms. The molecule has 12 heteroatoms. The maximum Gasteiger partial charge on any atom is 0.490 e. The number of carboxylic acid groups (broad SMARTS) is 1. The van der Waals surface area contributed by atoms with Crippen LogP contribution in [0.2, 0.25) is 0 Å². The summed E-state index contributed by atoms with van der Waals surface area (Å²) in [6.07, 6.45) is -1.08. The van der Waals surface area contributed by atoms with Crippen molar-refractivity contribution in [2.75, 3.05) is 13.3 Å². The fourth-order valence-corrected chi connectivity index (χ4v) is 3.83. The maximum atomic E-state index is 12.8. The van der Waals surface area contributed by atoms with Crippen LogP contribution in [-0.2, 0) is 29.7 Å². The van der Waals surface area contributed by atoms with E-state index in [1.807, 2.05) is 30.1 Å². The first kappa shape index (κ1) is 22.9. The number of carboxylic acids is 1. The first-order valence-corrected chi connectivity index (χ1v) is 10.3. The number of ether oxygens (including phenoxy) is 2. The van der Waals surface area contributed by atoms with Gasteiger partial charge in [0.15, 0.2) is 11.5 Å². The average molecular weight is 468 g/mol. The lowest BCUT2D eigenvalue weighted by molar-refractivity contribution is -0.192. The number of carbonyl (C=O) groups is 2. The van der Waals surface area contributed by atoms with Crippen molar-refractivity contribution in [1.82, 2.24) is 19.8 Å². The normalized spacial score (nSPS) is 19.3. The Morgan fingerprint density at radius 3 is 2.61 bits per heavy atom. The predicted octanol–water partition coefficient (Wildman–Crippen LogP) is 2.16. The Morgan fingerprint density at radius 1 is 1.24 bits per heavy atom. The van der Waals surface area contributed by atoms with Crippen LogP contribution >= 0.6 is 0 Å². The van der Waals surface area contributed by atoms with Crippen LogP contribution in [0.1, 0.15) is 35.7 Å². The van der Waals surface area contributed by atoms with Crippen molar-refractivity contribution in [3.63, 3.8) is 0 Å². The second kappa shape index (κ2) is 8.93. The standard InChI is InChI=1S/C19H22N4O3.C2HF3O2/c1-22-10-20-15-9-23(7-12-2-5-16-17(6-12)26-11-25-16)8-14(18(15)22)19(24)21-13-3-4-13;3-2(4,5)1(6)7/h2,5-6,10,13-14H,3-4,7-9,11H2,1H3,(H,21,24);(H,6,7). The molecule has 1 saturated carbocycles. The molecule has 9 nitrogen and oxygen atoms in total. The lowest BCUT2D eigenvalue weighted by Crippen LogP contribution is -2.42. The molecule has 178 valence electrons. The van der Waals surface area contributed by atoms with Crippen LogP contribution in [0.15, 0.2) is 24.5 Å². The Morgan fingerprint density at radius 2 is 1.94 bits per heavy atom. The van der Waals surface area contributed by atoms with E-state index in [0.29, 0.717) is 12.6 Å². The Bertz CT molecular complexity index is 1050. The summed E-state index contributed by atoms with van der Waals surface area (Å²) in [6, 6.07) is 6.39. The van der Waals surface area contributed by atoms with Gasteiger partial charge in [0.1, 0.15) is 0 Å². The highest BCUT2D eigenvalue weighted by atomic mass is 19.4. The van der Waals surface area contributed by atoms with Crippen LogP contribution in [0.3, 0.4) is 0 Å². The molecule has 0 bridgehead atoms. The van der Waals surface area contributed by atoms with Crippen LogP contribution in [0.25, 0.3) is 0 Å². The van der Waals surface area contributed by atoms with Gasteiger partial charge in [-0.2, -0.15) is 13.2 Å². The predicted molar refractivity (Wildman–Crippen MR) is 107 cm³/mol. The summed E-state index contributed by atoms with van der Waals surface area (Å²) in [5.41, 5.74) is 3.19. The molecule has 1 aliphatic carbocycles. The van der Waals surface area contributed by atoms with E-state index in [1.54, 1.807) is 0 Å². The minimum atomic E-state index is -5.08. The van der Waals surface area contributed by atoms with Gasteiger partial charge in [0.25, 0.3) is 0 Å². The number of fused-ring (bicyclic) bond motifs is 2. The van der Waals surface area contributed by atoms with Gasteiger partial charge in [-0.3, -0.25) is 9.69 Å². The van der Waals surface area contributed by atoms with Gasteiger partial charge in [0.2, 0.25) is 12.7 Å². The topological polar surface area (TPSA) is 106 Å². The number of amides is 1. The summed E-state index contributed by atoms with van der Waals surface area (Å²) >= 11 is 0. The number of aryl methyl sites for hydroxylation is 1. The second-order valence-corrected chi connectivity index (χ2v) is 8.18. The van der Waals surface area contributed by atoms with Crippen molar-refractivity contribution in [3.05, 3.63) is 41.5 Å². The monoisotopic (exact) mass is 468 g/mol. The smallest absolute Gasteiger partial charge is 0.475 e. The van der Waals surface area contributed by atoms with Crippen molar-refractivity contribution in [2.45, 2.75) is 44.1 Å². The van der Waals surface area contributed by atoms with Crippen molar-refractivity contribution in [1.29, 1.82) is 0 Å². The van der Waals surface area contributed by atoms with E-state index in [0.717, 1.165) is 54.4 Å². The quantitative estimate of drug-likeness (QED) is 0.709. The van der Waals surface area contributed by atoms with E-state index in [2.05, 4.69) is 21.3 Å². The largest absolute Gasteiger partial charge is 0.490 e. The zero-order valence-electron chi connectivity index (χ0n) is 17.8. The molecule has 0 radical (unpaired) electrons. The Balaban J connectivity index is 0.000000325. The molecule has 1 unspecified atom stereocenters. The number of nitrogens with one attached hydrogen (secondary N) is 1. The lowest BCUT2D eigenvalue weighted by atomic mass is 9.96. The van der Waals surface area contributed by atoms with Crippen LogP contribution < -0.4 is 14.8 Å². The molecule has 2 N–H and O–H groups in total. The average Bonchev–Trinajstić information content (AvgIpc) is 3.30.